The maximum atomic E-state index is 4.36. The van der Waals surface area contributed by atoms with E-state index in [1.54, 1.807) is 10.8 Å². The first-order valence-corrected chi connectivity index (χ1v) is 20.7. The standard InChI is InChI=1S/C47H56.C5H12/c1-9-31(7)38-22-39(23-38)33-14-16-35(17-15-33)46-42(29(4)5)26-37-19-18-36(25-44(37)46)40-24-41-21-32(8)43(20-28(2)3)47(45(41)27-40)34-12-10-30(6)11-13-34;1-5(2,3)4/h10-13,18-19,21,24-26,29,33,35,38-39,42H,2,7,9,14-17,20,22-23,27H2,1,3-6,8H3;1-4H3. The monoisotopic (exact) mass is 693 g/mol. The zero-order valence-corrected chi connectivity index (χ0v) is 34.5. The Morgan fingerprint density at radius 3 is 2.08 bits per heavy atom. The van der Waals surface area contributed by atoms with Gasteiger partial charge in [-0.05, 0) is 175 Å². The van der Waals surface area contributed by atoms with E-state index in [1.807, 2.05) is 0 Å². The van der Waals surface area contributed by atoms with Crippen molar-refractivity contribution in [2.75, 3.05) is 0 Å². The fraction of sp³-hybridized carbons (Fsp3) is 0.500. The number of allylic oxidation sites excluding steroid dienone is 3. The van der Waals surface area contributed by atoms with E-state index >= 15 is 0 Å². The Morgan fingerprint density at radius 2 is 1.48 bits per heavy atom. The number of hydrogen-bond acceptors (Lipinski definition) is 0. The molecule has 3 aromatic carbocycles. The fourth-order valence-electron chi connectivity index (χ4n) is 9.69. The Kier molecular flexibility index (Phi) is 11.5. The molecule has 4 aliphatic carbocycles. The number of fused-ring (bicyclic) bond motifs is 2. The van der Waals surface area contributed by atoms with Crippen LogP contribution in [0.2, 0.25) is 0 Å². The normalized spacial score (nSPS) is 23.6. The molecule has 0 nitrogen and oxygen atoms in total. The SMILES string of the molecule is C=C(C)Cc1c(C)cc2c(c1-c1ccc(C)cc1)CC(c1ccc3c(c1)=C(C1CCC(C4CC(C(=C)CC)C4)CC1)C(C(C)C)C=3)=C2.CC(C)(C)C. The van der Waals surface area contributed by atoms with Crippen molar-refractivity contribution in [2.24, 2.45) is 40.9 Å². The molecule has 1 atom stereocenters. The highest BCUT2D eigenvalue weighted by Crippen LogP contribution is 2.50. The second-order valence-electron chi connectivity index (χ2n) is 19.2. The average Bonchev–Trinajstić information content (AvgIpc) is 3.66. The lowest BCUT2D eigenvalue weighted by Crippen LogP contribution is -2.34. The van der Waals surface area contributed by atoms with E-state index < -0.39 is 0 Å². The molecular weight excluding hydrogens is 625 g/mol. The summed E-state index contributed by atoms with van der Waals surface area (Å²) in [6, 6.07) is 19.0. The number of benzene rings is 3. The molecule has 2 saturated carbocycles. The lowest BCUT2D eigenvalue weighted by atomic mass is 9.61. The van der Waals surface area contributed by atoms with E-state index in [1.165, 1.54) is 105 Å². The maximum Gasteiger partial charge on any atom is 0.00210 e. The van der Waals surface area contributed by atoms with Crippen molar-refractivity contribution >= 4 is 23.3 Å². The van der Waals surface area contributed by atoms with Crippen LogP contribution in [0.1, 0.15) is 134 Å². The van der Waals surface area contributed by atoms with Crippen LogP contribution in [-0.4, -0.2) is 0 Å². The van der Waals surface area contributed by atoms with Crippen LogP contribution >= 0.6 is 0 Å². The van der Waals surface area contributed by atoms with E-state index in [2.05, 4.69) is 143 Å². The van der Waals surface area contributed by atoms with Crippen LogP contribution < -0.4 is 10.4 Å². The van der Waals surface area contributed by atoms with Crippen LogP contribution in [0.5, 0.6) is 0 Å². The molecule has 0 radical (unpaired) electrons. The Labute approximate surface area is 317 Å². The van der Waals surface area contributed by atoms with Crippen molar-refractivity contribution in [3.63, 3.8) is 0 Å². The number of rotatable bonds is 9. The summed E-state index contributed by atoms with van der Waals surface area (Å²) in [5.41, 5.74) is 17.6. The quantitative estimate of drug-likeness (QED) is 0.196. The third-order valence-corrected chi connectivity index (χ3v) is 12.6. The van der Waals surface area contributed by atoms with Gasteiger partial charge in [-0.25, -0.2) is 0 Å². The molecule has 0 amide bonds. The maximum absolute atomic E-state index is 4.36. The van der Waals surface area contributed by atoms with Crippen molar-refractivity contribution < 1.29 is 0 Å². The van der Waals surface area contributed by atoms with Gasteiger partial charge in [0.2, 0.25) is 0 Å². The van der Waals surface area contributed by atoms with Gasteiger partial charge in [0.15, 0.2) is 0 Å². The smallest absolute Gasteiger partial charge is 0.00210 e. The van der Waals surface area contributed by atoms with E-state index in [0.717, 1.165) is 42.9 Å². The van der Waals surface area contributed by atoms with Crippen LogP contribution in [0.15, 0.2) is 72.8 Å². The van der Waals surface area contributed by atoms with E-state index in [0.29, 0.717) is 17.3 Å². The van der Waals surface area contributed by atoms with Gasteiger partial charge in [0.05, 0.1) is 0 Å². The van der Waals surface area contributed by atoms with Crippen molar-refractivity contribution in [1.29, 1.82) is 0 Å². The molecule has 0 spiro atoms. The molecule has 52 heavy (non-hydrogen) atoms. The van der Waals surface area contributed by atoms with Crippen LogP contribution in [0.25, 0.3) is 34.4 Å². The van der Waals surface area contributed by atoms with Crippen LogP contribution in [-0.2, 0) is 12.8 Å². The molecule has 7 rings (SSSR count). The van der Waals surface area contributed by atoms with E-state index in [9.17, 15) is 0 Å². The van der Waals surface area contributed by atoms with Gasteiger partial charge in [0.1, 0.15) is 0 Å². The molecule has 4 aliphatic rings. The topological polar surface area (TPSA) is 0 Å². The molecule has 0 saturated heterocycles. The molecular formula is C52H68. The predicted octanol–water partition coefficient (Wildman–Crippen LogP) is 13.3. The summed E-state index contributed by atoms with van der Waals surface area (Å²) >= 11 is 0. The largest absolute Gasteiger partial charge is 0.0998 e. The lowest BCUT2D eigenvalue weighted by Gasteiger charge is -2.44. The van der Waals surface area contributed by atoms with Crippen molar-refractivity contribution in [1.82, 2.24) is 0 Å². The first-order valence-electron chi connectivity index (χ1n) is 20.7. The fourth-order valence-corrected chi connectivity index (χ4v) is 9.69. The molecule has 0 bridgehead atoms. The van der Waals surface area contributed by atoms with Gasteiger partial charge in [-0.15, -0.1) is 0 Å². The van der Waals surface area contributed by atoms with Gasteiger partial charge in [-0.1, -0.05) is 139 Å². The zero-order chi connectivity index (χ0) is 37.5. The minimum absolute atomic E-state index is 0.500. The van der Waals surface area contributed by atoms with Gasteiger partial charge in [0.25, 0.3) is 0 Å². The summed E-state index contributed by atoms with van der Waals surface area (Å²) < 4.78 is 0. The minimum Gasteiger partial charge on any atom is -0.0998 e. The second-order valence-corrected chi connectivity index (χ2v) is 19.2. The Hall–Kier alpha value is -3.38. The molecule has 3 aromatic rings. The summed E-state index contributed by atoms with van der Waals surface area (Å²) in [4.78, 5) is 0. The molecule has 0 N–H and O–H groups in total. The lowest BCUT2D eigenvalue weighted by molar-refractivity contribution is 0.108. The molecule has 2 fully saturated rings. The highest BCUT2D eigenvalue weighted by Gasteiger charge is 2.39. The molecule has 276 valence electrons. The number of aryl methyl sites for hydroxylation is 2. The summed E-state index contributed by atoms with van der Waals surface area (Å²) in [5, 5.41) is 3.03. The Morgan fingerprint density at radius 1 is 0.846 bits per heavy atom. The van der Waals surface area contributed by atoms with Crippen molar-refractivity contribution in [2.45, 2.75) is 127 Å². The Bertz CT molecular complexity index is 1950. The summed E-state index contributed by atoms with van der Waals surface area (Å²) in [6.45, 7) is 31.2. The first-order chi connectivity index (χ1) is 24.6. The highest BCUT2D eigenvalue weighted by atomic mass is 14.4. The minimum atomic E-state index is 0.500. The van der Waals surface area contributed by atoms with E-state index in [4.69, 9.17) is 0 Å². The summed E-state index contributed by atoms with van der Waals surface area (Å²) in [7, 11) is 0. The first kappa shape index (κ1) is 38.3. The third-order valence-electron chi connectivity index (χ3n) is 12.6. The van der Waals surface area contributed by atoms with Gasteiger partial charge in [0, 0.05) is 5.92 Å². The average molecular weight is 693 g/mol. The molecule has 0 aliphatic heterocycles. The molecule has 1 unspecified atom stereocenters. The third kappa shape index (κ3) is 8.38. The van der Waals surface area contributed by atoms with E-state index in [-0.39, 0.29) is 0 Å². The molecule has 0 heterocycles. The van der Waals surface area contributed by atoms with Crippen LogP contribution in [0.3, 0.4) is 0 Å². The second kappa shape index (κ2) is 15.5. The van der Waals surface area contributed by atoms with Gasteiger partial charge < -0.3 is 0 Å². The van der Waals surface area contributed by atoms with Gasteiger partial charge >= 0.3 is 0 Å². The van der Waals surface area contributed by atoms with Gasteiger partial charge in [-0.2, -0.15) is 0 Å². The van der Waals surface area contributed by atoms with Crippen molar-refractivity contribution in [3.05, 3.63) is 117 Å². The zero-order valence-electron chi connectivity index (χ0n) is 34.5. The molecule has 0 heteroatoms. The van der Waals surface area contributed by atoms with Gasteiger partial charge in [-0.3, -0.25) is 0 Å². The summed E-state index contributed by atoms with van der Waals surface area (Å²) in [5.74, 6) is 4.62. The van der Waals surface area contributed by atoms with Crippen LogP contribution in [0.4, 0.5) is 0 Å². The Balaban J connectivity index is 0.000000870. The molecule has 0 aromatic heterocycles. The highest BCUT2D eigenvalue weighted by molar-refractivity contribution is 5.93. The summed E-state index contributed by atoms with van der Waals surface area (Å²) in [6.07, 6.45) is 16.6. The predicted molar refractivity (Wildman–Crippen MR) is 230 cm³/mol. The van der Waals surface area contributed by atoms with Crippen molar-refractivity contribution in [3.8, 4) is 11.1 Å². The van der Waals surface area contributed by atoms with Crippen LogP contribution in [0, 0.1) is 54.8 Å². The number of hydrogen-bond donors (Lipinski definition) is 0.